The number of carbonyl (C=O) groups is 1. The largest absolute Gasteiger partial charge is 0.352 e. The Morgan fingerprint density at radius 1 is 1.33 bits per heavy atom. The monoisotopic (exact) mass is 350 g/mol. The first-order chi connectivity index (χ1) is 11.4. The summed E-state index contributed by atoms with van der Waals surface area (Å²) >= 11 is 1.78. The highest BCUT2D eigenvalue weighted by Crippen LogP contribution is 2.40. The predicted molar refractivity (Wildman–Crippen MR) is 104 cm³/mol. The van der Waals surface area contributed by atoms with Crippen LogP contribution in [0.3, 0.4) is 0 Å². The van der Waals surface area contributed by atoms with Gasteiger partial charge >= 0.3 is 0 Å². The number of hydrogen-bond acceptors (Lipinski definition) is 3. The number of rotatable bonds is 7. The molecule has 1 atom stereocenters. The van der Waals surface area contributed by atoms with Crippen LogP contribution < -0.4 is 5.32 Å². The van der Waals surface area contributed by atoms with Gasteiger partial charge in [-0.3, -0.25) is 4.79 Å². The molecule has 2 rings (SSSR count). The van der Waals surface area contributed by atoms with Gasteiger partial charge in [0.15, 0.2) is 0 Å². The van der Waals surface area contributed by atoms with Crippen molar-refractivity contribution in [2.45, 2.75) is 60.3 Å². The van der Waals surface area contributed by atoms with Crippen molar-refractivity contribution in [2.75, 3.05) is 26.2 Å². The van der Waals surface area contributed by atoms with Crippen molar-refractivity contribution in [3.05, 3.63) is 21.4 Å². The van der Waals surface area contributed by atoms with Gasteiger partial charge in [0.25, 0.3) is 5.91 Å². The minimum Gasteiger partial charge on any atom is -0.352 e. The number of nitrogens with zero attached hydrogens (tertiary/aromatic N) is 1. The second-order valence-electron chi connectivity index (χ2n) is 7.99. The normalized spacial score (nSPS) is 17.8. The summed E-state index contributed by atoms with van der Waals surface area (Å²) in [4.78, 5) is 16.4. The van der Waals surface area contributed by atoms with Crippen LogP contribution in [0.15, 0.2) is 5.38 Å². The average molecular weight is 351 g/mol. The van der Waals surface area contributed by atoms with E-state index in [0.29, 0.717) is 5.41 Å². The van der Waals surface area contributed by atoms with Crippen molar-refractivity contribution >= 4 is 17.2 Å². The molecular weight excluding hydrogens is 316 g/mol. The molecule has 1 aromatic heterocycles. The third kappa shape index (κ3) is 4.82. The van der Waals surface area contributed by atoms with Crippen LogP contribution in [0.5, 0.6) is 0 Å². The second-order valence-corrected chi connectivity index (χ2v) is 8.96. The minimum absolute atomic E-state index is 0.126. The van der Waals surface area contributed by atoms with Crippen LogP contribution in [0.2, 0.25) is 0 Å². The van der Waals surface area contributed by atoms with Gasteiger partial charge in [0, 0.05) is 16.8 Å². The quantitative estimate of drug-likeness (QED) is 0.741. The van der Waals surface area contributed by atoms with E-state index in [1.54, 1.807) is 11.3 Å². The molecule has 24 heavy (non-hydrogen) atoms. The second kappa shape index (κ2) is 8.48. The van der Waals surface area contributed by atoms with Gasteiger partial charge in [0.2, 0.25) is 0 Å². The molecule has 1 unspecified atom stereocenters. The fourth-order valence-electron chi connectivity index (χ4n) is 3.58. The Labute approximate surface area is 151 Å². The minimum atomic E-state index is 0.126. The molecule has 0 saturated carbocycles. The molecule has 0 radical (unpaired) electrons. The highest BCUT2D eigenvalue weighted by molar-refractivity contribution is 7.10. The molecule has 1 amide bonds. The summed E-state index contributed by atoms with van der Waals surface area (Å²) in [7, 11) is 0. The summed E-state index contributed by atoms with van der Waals surface area (Å²) in [6, 6.07) is 0. The van der Waals surface area contributed by atoms with E-state index in [9.17, 15) is 4.79 Å². The van der Waals surface area contributed by atoms with Crippen molar-refractivity contribution in [1.29, 1.82) is 0 Å². The van der Waals surface area contributed by atoms with Gasteiger partial charge in [-0.25, -0.2) is 0 Å². The lowest BCUT2D eigenvalue weighted by Gasteiger charge is -2.34. The Morgan fingerprint density at radius 2 is 2.04 bits per heavy atom. The van der Waals surface area contributed by atoms with Gasteiger partial charge in [-0.1, -0.05) is 34.6 Å². The summed E-state index contributed by atoms with van der Waals surface area (Å²) in [5.41, 5.74) is 2.61. The van der Waals surface area contributed by atoms with Crippen LogP contribution in [0.4, 0.5) is 0 Å². The summed E-state index contributed by atoms with van der Waals surface area (Å²) < 4.78 is 0. The van der Waals surface area contributed by atoms with Gasteiger partial charge in [-0.05, 0) is 62.2 Å². The molecule has 0 aromatic carbocycles. The molecule has 1 aromatic rings. The fraction of sp³-hybridized carbons (Fsp3) is 0.750. The number of thiophene rings is 1. The molecule has 1 aliphatic carbocycles. The van der Waals surface area contributed by atoms with Gasteiger partial charge in [0.05, 0.1) is 5.56 Å². The number of nitrogens with one attached hydrogen (secondary N) is 1. The van der Waals surface area contributed by atoms with Crippen LogP contribution >= 0.6 is 11.3 Å². The van der Waals surface area contributed by atoms with Crippen LogP contribution in [0, 0.1) is 11.3 Å². The Morgan fingerprint density at radius 3 is 2.67 bits per heavy atom. The first-order valence-corrected chi connectivity index (χ1v) is 10.3. The van der Waals surface area contributed by atoms with Crippen LogP contribution in [0.1, 0.15) is 68.3 Å². The van der Waals surface area contributed by atoms with E-state index < -0.39 is 0 Å². The zero-order chi connectivity index (χ0) is 17.7. The fourth-order valence-corrected chi connectivity index (χ4v) is 4.74. The molecular formula is C20H34N2OS. The number of carbonyl (C=O) groups excluding carboxylic acids is 1. The molecule has 0 aliphatic heterocycles. The lowest BCUT2D eigenvalue weighted by molar-refractivity contribution is 0.0950. The molecule has 1 N–H and O–H groups in total. The molecule has 3 nitrogen and oxygen atoms in total. The van der Waals surface area contributed by atoms with Crippen molar-refractivity contribution < 1.29 is 4.79 Å². The first-order valence-electron chi connectivity index (χ1n) is 9.46. The lowest BCUT2D eigenvalue weighted by atomic mass is 9.72. The maximum Gasteiger partial charge on any atom is 0.252 e. The third-order valence-electron chi connectivity index (χ3n) is 5.46. The molecule has 0 spiro atoms. The number of amides is 1. The summed E-state index contributed by atoms with van der Waals surface area (Å²) in [6.45, 7) is 15.4. The van der Waals surface area contributed by atoms with E-state index in [4.69, 9.17) is 0 Å². The molecule has 0 bridgehead atoms. The Kier molecular flexibility index (Phi) is 6.88. The van der Waals surface area contributed by atoms with E-state index in [0.717, 1.165) is 56.9 Å². The molecule has 4 heteroatoms. The van der Waals surface area contributed by atoms with E-state index in [-0.39, 0.29) is 5.91 Å². The maximum atomic E-state index is 12.5. The summed E-state index contributed by atoms with van der Waals surface area (Å²) in [6.07, 6.45) is 4.42. The van der Waals surface area contributed by atoms with Gasteiger partial charge in [-0.2, -0.15) is 0 Å². The molecule has 1 heterocycles. The summed E-state index contributed by atoms with van der Waals surface area (Å²) in [5, 5.41) is 5.20. The third-order valence-corrected chi connectivity index (χ3v) is 6.51. The standard InChI is InChI=1S/C20H34N2OS/c1-6-22(7-2)12-8-11-21-19(23)17-14-24-18-13-15(20(3,4)5)9-10-16(17)18/h14-15H,6-13H2,1-5H3,(H,21,23). The smallest absolute Gasteiger partial charge is 0.252 e. The zero-order valence-electron chi connectivity index (χ0n) is 16.1. The lowest BCUT2D eigenvalue weighted by Crippen LogP contribution is -2.31. The topological polar surface area (TPSA) is 32.3 Å². The van der Waals surface area contributed by atoms with Crippen LogP contribution in [-0.4, -0.2) is 37.0 Å². The zero-order valence-corrected chi connectivity index (χ0v) is 16.9. The molecule has 0 fully saturated rings. The Bertz CT molecular complexity index is 540. The maximum absolute atomic E-state index is 12.5. The van der Waals surface area contributed by atoms with Gasteiger partial charge < -0.3 is 10.2 Å². The van der Waals surface area contributed by atoms with Crippen molar-refractivity contribution in [3.8, 4) is 0 Å². The highest BCUT2D eigenvalue weighted by Gasteiger charge is 2.31. The van der Waals surface area contributed by atoms with Crippen LogP contribution in [-0.2, 0) is 12.8 Å². The van der Waals surface area contributed by atoms with E-state index in [2.05, 4.69) is 50.2 Å². The SMILES string of the molecule is CCN(CC)CCCNC(=O)c1csc2c1CCC(C(C)(C)C)C2. The van der Waals surface area contributed by atoms with E-state index >= 15 is 0 Å². The van der Waals surface area contributed by atoms with Gasteiger partial charge in [-0.15, -0.1) is 11.3 Å². The predicted octanol–water partition coefficient (Wildman–Crippen LogP) is 4.36. The summed E-state index contributed by atoms with van der Waals surface area (Å²) in [5.74, 6) is 0.856. The highest BCUT2D eigenvalue weighted by atomic mass is 32.1. The van der Waals surface area contributed by atoms with Crippen molar-refractivity contribution in [1.82, 2.24) is 10.2 Å². The van der Waals surface area contributed by atoms with Crippen LogP contribution in [0.25, 0.3) is 0 Å². The van der Waals surface area contributed by atoms with E-state index in [1.165, 1.54) is 16.9 Å². The Hall–Kier alpha value is -0.870. The Balaban J connectivity index is 1.88. The van der Waals surface area contributed by atoms with E-state index in [1.807, 2.05) is 0 Å². The number of hydrogen-bond donors (Lipinski definition) is 1. The van der Waals surface area contributed by atoms with Crippen molar-refractivity contribution in [2.24, 2.45) is 11.3 Å². The number of fused-ring (bicyclic) bond motifs is 1. The van der Waals surface area contributed by atoms with Gasteiger partial charge in [0.1, 0.15) is 0 Å². The molecule has 1 aliphatic rings. The first kappa shape index (κ1) is 19.5. The van der Waals surface area contributed by atoms with Crippen molar-refractivity contribution in [3.63, 3.8) is 0 Å². The average Bonchev–Trinajstić information content (AvgIpc) is 2.97. The molecule has 136 valence electrons. The molecule has 0 saturated heterocycles.